The zero-order valence-corrected chi connectivity index (χ0v) is 26.7. The molecule has 0 saturated carbocycles. The Kier molecular flexibility index (Phi) is 7.05. The Hall–Kier alpha value is -5.99. The van der Waals surface area contributed by atoms with Gasteiger partial charge in [0.1, 0.15) is 5.84 Å². The van der Waals surface area contributed by atoms with E-state index in [1.54, 1.807) is 0 Å². The van der Waals surface area contributed by atoms with Gasteiger partial charge in [-0.15, -0.1) is 0 Å². The van der Waals surface area contributed by atoms with E-state index >= 15 is 0 Å². The number of para-hydroxylation sites is 1. The minimum atomic E-state index is 0.792. The molecule has 2 aliphatic rings. The minimum absolute atomic E-state index is 0.792. The lowest BCUT2D eigenvalue weighted by molar-refractivity contribution is 0.893. The van der Waals surface area contributed by atoms with E-state index < -0.39 is 0 Å². The highest BCUT2D eigenvalue weighted by Crippen LogP contribution is 2.46. The topological polar surface area (TPSA) is 24.4 Å². The Morgan fingerprint density at radius 2 is 1.06 bits per heavy atom. The van der Waals surface area contributed by atoms with E-state index in [9.17, 15) is 0 Å². The van der Waals surface area contributed by atoms with Crippen LogP contribution < -0.4 is 5.32 Å². The molecule has 0 bridgehead atoms. The summed E-state index contributed by atoms with van der Waals surface area (Å²) in [5.41, 5.74) is 16.2. The van der Waals surface area contributed by atoms with Gasteiger partial charge < -0.3 is 5.32 Å². The standard InChI is InChI=1S/C46H34N2/c1-3-13-31(14-4-1)36-27-37(32-15-5-2-6-16-32)29-38(28-36)45-41-20-10-8-18-39(41)44(40-19-9-11-21-42(40)45)33-23-25-34(26-24-33)46-47-30-35-17-7-12-22-43(35)48-46/h1-8,10-18,20-29H,9,19,30H2,(H,47,48). The number of hydrogen-bond acceptors (Lipinski definition) is 2. The Balaban J connectivity index is 1.23. The van der Waals surface area contributed by atoms with Crippen molar-refractivity contribution in [2.75, 3.05) is 0 Å². The Labute approximate surface area is 281 Å². The lowest BCUT2D eigenvalue weighted by Gasteiger charge is -2.24. The maximum Gasteiger partial charge on any atom is 0.134 e. The second-order valence-corrected chi connectivity index (χ2v) is 12.7. The van der Waals surface area contributed by atoms with Crippen LogP contribution in [0.15, 0.2) is 163 Å². The summed E-state index contributed by atoms with van der Waals surface area (Å²) in [6.45, 7) is 0.792. The molecule has 0 amide bonds. The van der Waals surface area contributed by atoms with Gasteiger partial charge in [0.25, 0.3) is 0 Å². The number of nitrogens with one attached hydrogen (secondary N) is 1. The van der Waals surface area contributed by atoms with Crippen LogP contribution in [-0.2, 0) is 13.0 Å². The first-order valence-electron chi connectivity index (χ1n) is 16.8. The second kappa shape index (κ2) is 12.0. The van der Waals surface area contributed by atoms with Gasteiger partial charge in [-0.3, -0.25) is 0 Å². The van der Waals surface area contributed by atoms with E-state index in [2.05, 4.69) is 169 Å². The summed E-state index contributed by atoms with van der Waals surface area (Å²) in [6.07, 6.45) is 6.76. The third kappa shape index (κ3) is 5.03. The fraction of sp³-hybridized carbons (Fsp3) is 0.0652. The average molecular weight is 615 g/mol. The van der Waals surface area contributed by atoms with Crippen LogP contribution in [0.2, 0.25) is 0 Å². The van der Waals surface area contributed by atoms with E-state index in [1.165, 1.54) is 72.0 Å². The van der Waals surface area contributed by atoms with E-state index in [-0.39, 0.29) is 0 Å². The van der Waals surface area contributed by atoms with Crippen LogP contribution in [0.3, 0.4) is 0 Å². The van der Waals surface area contributed by atoms with Crippen molar-refractivity contribution in [1.29, 1.82) is 0 Å². The number of aliphatic imine (C=N–C) groups is 1. The van der Waals surface area contributed by atoms with Gasteiger partial charge >= 0.3 is 0 Å². The molecule has 1 aliphatic heterocycles. The van der Waals surface area contributed by atoms with Crippen molar-refractivity contribution in [2.45, 2.75) is 19.4 Å². The predicted octanol–water partition coefficient (Wildman–Crippen LogP) is 11.6. The van der Waals surface area contributed by atoms with Gasteiger partial charge in [0.05, 0.1) is 5.69 Å². The summed E-state index contributed by atoms with van der Waals surface area (Å²) in [5, 5.41) is 6.10. The van der Waals surface area contributed by atoms with Gasteiger partial charge in [-0.05, 0) is 109 Å². The summed E-state index contributed by atoms with van der Waals surface area (Å²) < 4.78 is 0. The molecule has 2 nitrogen and oxygen atoms in total. The largest absolute Gasteiger partial charge is 0.365 e. The molecular weight excluding hydrogens is 581 g/mol. The van der Waals surface area contributed by atoms with E-state index in [1.807, 2.05) is 0 Å². The fourth-order valence-corrected chi connectivity index (χ4v) is 7.46. The molecule has 48 heavy (non-hydrogen) atoms. The molecular formula is C46H34N2. The summed E-state index contributed by atoms with van der Waals surface area (Å²) in [7, 11) is 0. The average Bonchev–Trinajstić information content (AvgIpc) is 3.17. The molecule has 9 rings (SSSR count). The zero-order valence-electron chi connectivity index (χ0n) is 26.7. The molecule has 7 aromatic rings. The van der Waals surface area contributed by atoms with Crippen LogP contribution in [0.25, 0.3) is 61.4 Å². The van der Waals surface area contributed by atoms with Crippen molar-refractivity contribution in [1.82, 2.24) is 5.32 Å². The number of amidine groups is 1. The maximum absolute atomic E-state index is 4.94. The van der Waals surface area contributed by atoms with Crippen LogP contribution in [0.5, 0.6) is 0 Å². The number of rotatable bonds is 5. The van der Waals surface area contributed by atoms with Crippen LogP contribution >= 0.6 is 0 Å². The van der Waals surface area contributed by atoms with Gasteiger partial charge in [0, 0.05) is 12.1 Å². The molecule has 1 N–H and O–H groups in total. The molecule has 0 fully saturated rings. The smallest absolute Gasteiger partial charge is 0.134 e. The number of allylic oxidation sites excluding steroid dienone is 1. The molecule has 0 saturated heterocycles. The van der Waals surface area contributed by atoms with Crippen molar-refractivity contribution in [3.8, 4) is 44.5 Å². The van der Waals surface area contributed by atoms with Crippen LogP contribution in [0, 0.1) is 0 Å². The predicted molar refractivity (Wildman–Crippen MR) is 203 cm³/mol. The maximum atomic E-state index is 4.94. The first-order chi connectivity index (χ1) is 23.8. The Bertz CT molecular complexity index is 2310. The Morgan fingerprint density at radius 3 is 1.77 bits per heavy atom. The molecule has 0 aromatic heterocycles. The molecule has 0 radical (unpaired) electrons. The highest BCUT2D eigenvalue weighted by Gasteiger charge is 2.23. The molecule has 1 heterocycles. The minimum Gasteiger partial charge on any atom is -0.365 e. The van der Waals surface area contributed by atoms with Gasteiger partial charge in [0.2, 0.25) is 0 Å². The SMILES string of the molecule is C1=Cc2c(c(-c3ccc(C4=Nc5ccccc5CN4)cc3)c3ccccc3c2-c2cc(-c3ccccc3)cc(-c3ccccc3)c2)CC1. The lowest BCUT2D eigenvalue weighted by Crippen LogP contribution is -2.26. The van der Waals surface area contributed by atoms with Crippen molar-refractivity contribution in [2.24, 2.45) is 4.99 Å². The lowest BCUT2D eigenvalue weighted by atomic mass is 9.79. The van der Waals surface area contributed by atoms with Gasteiger partial charge in [-0.2, -0.15) is 0 Å². The number of hydrogen-bond donors (Lipinski definition) is 1. The molecule has 7 aromatic carbocycles. The van der Waals surface area contributed by atoms with Gasteiger partial charge in [0.15, 0.2) is 0 Å². The first kappa shape index (κ1) is 28.3. The highest BCUT2D eigenvalue weighted by atomic mass is 15.0. The van der Waals surface area contributed by atoms with E-state index in [4.69, 9.17) is 4.99 Å². The van der Waals surface area contributed by atoms with Gasteiger partial charge in [-0.25, -0.2) is 4.99 Å². The summed E-state index contributed by atoms with van der Waals surface area (Å²) >= 11 is 0. The normalized spacial score (nSPS) is 13.4. The third-order valence-electron chi connectivity index (χ3n) is 9.76. The van der Waals surface area contributed by atoms with Crippen molar-refractivity contribution >= 4 is 28.4 Å². The summed E-state index contributed by atoms with van der Waals surface area (Å²) in [5.74, 6) is 0.929. The molecule has 0 atom stereocenters. The quantitative estimate of drug-likeness (QED) is 0.205. The molecule has 0 unspecified atom stereocenters. The third-order valence-corrected chi connectivity index (χ3v) is 9.76. The van der Waals surface area contributed by atoms with Crippen molar-refractivity contribution in [3.63, 3.8) is 0 Å². The fourth-order valence-electron chi connectivity index (χ4n) is 7.46. The first-order valence-corrected chi connectivity index (χ1v) is 16.8. The molecule has 2 heteroatoms. The molecule has 0 spiro atoms. The number of fused-ring (bicyclic) bond motifs is 3. The zero-order chi connectivity index (χ0) is 31.9. The Morgan fingerprint density at radius 1 is 0.479 bits per heavy atom. The van der Waals surface area contributed by atoms with E-state index in [0.29, 0.717) is 0 Å². The monoisotopic (exact) mass is 614 g/mol. The van der Waals surface area contributed by atoms with Crippen LogP contribution in [0.4, 0.5) is 5.69 Å². The van der Waals surface area contributed by atoms with Crippen molar-refractivity contribution in [3.05, 3.63) is 180 Å². The van der Waals surface area contributed by atoms with Gasteiger partial charge in [-0.1, -0.05) is 140 Å². The second-order valence-electron chi connectivity index (χ2n) is 12.7. The summed E-state index contributed by atoms with van der Waals surface area (Å²) in [4.78, 5) is 4.94. The van der Waals surface area contributed by atoms with Crippen LogP contribution in [0.1, 0.15) is 28.7 Å². The van der Waals surface area contributed by atoms with Crippen molar-refractivity contribution < 1.29 is 0 Å². The number of benzene rings is 7. The number of nitrogens with zero attached hydrogens (tertiary/aromatic N) is 1. The molecule has 228 valence electrons. The summed E-state index contributed by atoms with van der Waals surface area (Å²) in [6, 6.07) is 55.0. The van der Waals surface area contributed by atoms with Crippen LogP contribution in [-0.4, -0.2) is 5.84 Å². The highest BCUT2D eigenvalue weighted by molar-refractivity contribution is 6.11. The van der Waals surface area contributed by atoms with E-state index in [0.717, 1.165) is 36.5 Å². The molecule has 1 aliphatic carbocycles.